The molecule has 2 aromatic heterocycles. The number of hydrogen-bond donors (Lipinski definition) is 4. The number of nitrogens with two attached hydrogens (primary N) is 2. The van der Waals surface area contributed by atoms with Gasteiger partial charge in [0.25, 0.3) is 5.91 Å². The van der Waals surface area contributed by atoms with Gasteiger partial charge >= 0.3 is 0 Å². The first-order valence-electron chi connectivity index (χ1n) is 7.45. The number of carbonyl (C=O) groups excluding carboxylic acids is 1. The zero-order valence-corrected chi connectivity index (χ0v) is 12.7. The molecule has 4 rings (SSSR count). The lowest BCUT2D eigenvalue weighted by atomic mass is 10.1. The zero-order valence-electron chi connectivity index (χ0n) is 12.7. The molecule has 0 aliphatic heterocycles. The molecule has 0 spiro atoms. The van der Waals surface area contributed by atoms with E-state index >= 15 is 0 Å². The highest BCUT2D eigenvalue weighted by atomic mass is 16.1. The highest BCUT2D eigenvalue weighted by molar-refractivity contribution is 6.16. The zero-order chi connectivity index (χ0) is 16.7. The number of nitrogen functional groups attached to an aromatic ring is 2. The van der Waals surface area contributed by atoms with Gasteiger partial charge in [-0.25, -0.2) is 4.98 Å². The smallest absolute Gasteiger partial charge is 0.255 e. The number of fused-ring (bicyclic) bond motifs is 3. The van der Waals surface area contributed by atoms with Crippen molar-refractivity contribution in [2.75, 3.05) is 16.8 Å². The molecule has 6 heteroatoms. The number of rotatable bonds is 2. The first-order valence-corrected chi connectivity index (χ1v) is 7.45. The molecule has 6 nitrogen and oxygen atoms in total. The fourth-order valence-electron chi connectivity index (χ4n) is 2.80. The summed E-state index contributed by atoms with van der Waals surface area (Å²) < 4.78 is 0. The number of H-pyrrole nitrogens is 1. The van der Waals surface area contributed by atoms with Crippen LogP contribution in [0.4, 0.5) is 17.2 Å². The topological polar surface area (TPSA) is 110 Å². The van der Waals surface area contributed by atoms with E-state index in [1.54, 1.807) is 18.3 Å². The lowest BCUT2D eigenvalue weighted by Crippen LogP contribution is -2.11. The summed E-state index contributed by atoms with van der Waals surface area (Å²) in [6, 6.07) is 14.7. The number of pyridine rings is 1. The molecule has 0 saturated carbocycles. The molecule has 24 heavy (non-hydrogen) atoms. The van der Waals surface area contributed by atoms with E-state index in [0.29, 0.717) is 22.8 Å². The average molecular weight is 317 g/mol. The maximum Gasteiger partial charge on any atom is 0.255 e. The molecule has 4 aromatic rings. The van der Waals surface area contributed by atoms with Gasteiger partial charge in [0.15, 0.2) is 0 Å². The molecule has 0 radical (unpaired) electrons. The Bertz CT molecular complexity index is 1070. The number of nitrogens with zero attached hydrogens (tertiary/aromatic N) is 1. The summed E-state index contributed by atoms with van der Waals surface area (Å²) in [5, 5.41) is 4.60. The van der Waals surface area contributed by atoms with Crippen molar-refractivity contribution in [2.24, 2.45) is 0 Å². The van der Waals surface area contributed by atoms with Crippen LogP contribution >= 0.6 is 0 Å². The number of hydrogen-bond acceptors (Lipinski definition) is 4. The van der Waals surface area contributed by atoms with Gasteiger partial charge in [-0.2, -0.15) is 0 Å². The molecule has 2 heterocycles. The molecule has 0 aliphatic rings. The quantitative estimate of drug-likeness (QED) is 0.455. The van der Waals surface area contributed by atoms with Gasteiger partial charge in [0, 0.05) is 27.5 Å². The Kier molecular flexibility index (Phi) is 3.09. The fourth-order valence-corrected chi connectivity index (χ4v) is 2.80. The summed E-state index contributed by atoms with van der Waals surface area (Å²) in [7, 11) is 0. The minimum absolute atomic E-state index is 0.163. The van der Waals surface area contributed by atoms with Crippen LogP contribution in [-0.2, 0) is 0 Å². The number of carbonyl (C=O) groups is 1. The molecule has 1 amide bonds. The molecular formula is C18H15N5O. The molecule has 0 aliphatic carbocycles. The molecular weight excluding hydrogens is 302 g/mol. The van der Waals surface area contributed by atoms with Gasteiger partial charge in [0.1, 0.15) is 5.82 Å². The van der Waals surface area contributed by atoms with E-state index in [4.69, 9.17) is 11.5 Å². The SMILES string of the molecule is Nc1ncc2[nH]c3ccc(NC(=O)c4ccccc4)cc3c2c1N. The Labute approximate surface area is 137 Å². The van der Waals surface area contributed by atoms with Gasteiger partial charge in [-0.15, -0.1) is 0 Å². The van der Waals surface area contributed by atoms with Crippen molar-refractivity contribution in [1.29, 1.82) is 0 Å². The molecule has 6 N–H and O–H groups in total. The predicted octanol–water partition coefficient (Wildman–Crippen LogP) is 3.13. The molecule has 0 bridgehead atoms. The molecule has 0 atom stereocenters. The molecule has 118 valence electrons. The minimum Gasteiger partial charge on any atom is -0.395 e. The van der Waals surface area contributed by atoms with Crippen LogP contribution in [0.25, 0.3) is 21.8 Å². The Morgan fingerprint density at radius 1 is 1.04 bits per heavy atom. The third kappa shape index (κ3) is 2.21. The van der Waals surface area contributed by atoms with Crippen LogP contribution in [0.5, 0.6) is 0 Å². The van der Waals surface area contributed by atoms with Crippen molar-refractivity contribution in [3.8, 4) is 0 Å². The standard InChI is InChI=1S/C18H15N5O/c19-16-15-12-8-11(22-18(24)10-4-2-1-3-5-10)6-7-13(12)23-14(15)9-21-17(16)20/h1-9,23H,19H2,(H2,20,21)(H,22,24). The van der Waals surface area contributed by atoms with Crippen molar-refractivity contribution < 1.29 is 4.79 Å². The summed E-state index contributed by atoms with van der Waals surface area (Å²) in [6.45, 7) is 0. The summed E-state index contributed by atoms with van der Waals surface area (Å²) in [6.07, 6.45) is 1.66. The van der Waals surface area contributed by atoms with Crippen molar-refractivity contribution in [2.45, 2.75) is 0 Å². The van der Waals surface area contributed by atoms with Gasteiger partial charge in [0.2, 0.25) is 0 Å². The van der Waals surface area contributed by atoms with Crippen molar-refractivity contribution >= 4 is 44.9 Å². The van der Waals surface area contributed by atoms with E-state index in [1.807, 2.05) is 36.4 Å². The summed E-state index contributed by atoms with van der Waals surface area (Å²) in [4.78, 5) is 19.6. The predicted molar refractivity (Wildman–Crippen MR) is 96.8 cm³/mol. The number of amides is 1. The van der Waals surface area contributed by atoms with Gasteiger partial charge in [-0.3, -0.25) is 4.79 Å². The lowest BCUT2D eigenvalue weighted by Gasteiger charge is -2.06. The average Bonchev–Trinajstić information content (AvgIpc) is 2.97. The highest BCUT2D eigenvalue weighted by Crippen LogP contribution is 2.33. The largest absolute Gasteiger partial charge is 0.395 e. The third-order valence-corrected chi connectivity index (χ3v) is 4.00. The maximum atomic E-state index is 12.3. The van der Waals surface area contributed by atoms with Crippen LogP contribution in [0.3, 0.4) is 0 Å². The number of aromatic amines is 1. The minimum atomic E-state index is -0.163. The Morgan fingerprint density at radius 3 is 2.62 bits per heavy atom. The van der Waals surface area contributed by atoms with E-state index in [9.17, 15) is 4.79 Å². The van der Waals surface area contributed by atoms with Crippen LogP contribution in [0.1, 0.15) is 10.4 Å². The Balaban J connectivity index is 1.79. The second-order valence-corrected chi connectivity index (χ2v) is 5.55. The Hall–Kier alpha value is -3.54. The normalized spacial score (nSPS) is 11.0. The van der Waals surface area contributed by atoms with E-state index in [1.165, 1.54) is 0 Å². The van der Waals surface area contributed by atoms with Gasteiger partial charge in [0.05, 0.1) is 17.4 Å². The highest BCUT2D eigenvalue weighted by Gasteiger charge is 2.12. The summed E-state index contributed by atoms with van der Waals surface area (Å²) >= 11 is 0. The first kappa shape index (κ1) is 14.1. The van der Waals surface area contributed by atoms with Crippen molar-refractivity contribution in [3.63, 3.8) is 0 Å². The number of aromatic nitrogens is 2. The van der Waals surface area contributed by atoms with E-state index in [0.717, 1.165) is 21.8 Å². The van der Waals surface area contributed by atoms with Crippen molar-refractivity contribution in [1.82, 2.24) is 9.97 Å². The van der Waals surface area contributed by atoms with Crippen LogP contribution in [0.15, 0.2) is 54.7 Å². The number of benzene rings is 2. The van der Waals surface area contributed by atoms with Crippen LogP contribution in [0, 0.1) is 0 Å². The number of anilines is 3. The maximum absolute atomic E-state index is 12.3. The molecule has 0 saturated heterocycles. The van der Waals surface area contributed by atoms with E-state index < -0.39 is 0 Å². The monoisotopic (exact) mass is 317 g/mol. The van der Waals surface area contributed by atoms with Gasteiger partial charge in [-0.1, -0.05) is 18.2 Å². The van der Waals surface area contributed by atoms with Gasteiger partial charge in [-0.05, 0) is 30.3 Å². The summed E-state index contributed by atoms with van der Waals surface area (Å²) in [5.74, 6) is 0.131. The molecule has 0 unspecified atom stereocenters. The van der Waals surface area contributed by atoms with Crippen LogP contribution in [-0.4, -0.2) is 15.9 Å². The number of nitrogens with one attached hydrogen (secondary N) is 2. The third-order valence-electron chi connectivity index (χ3n) is 4.00. The first-order chi connectivity index (χ1) is 11.6. The summed E-state index contributed by atoms with van der Waals surface area (Å²) in [5.41, 5.74) is 15.3. The Morgan fingerprint density at radius 2 is 1.83 bits per heavy atom. The molecule has 2 aromatic carbocycles. The fraction of sp³-hybridized carbons (Fsp3) is 0. The van der Waals surface area contributed by atoms with Crippen LogP contribution in [0.2, 0.25) is 0 Å². The van der Waals surface area contributed by atoms with E-state index in [-0.39, 0.29) is 5.91 Å². The molecule has 0 fully saturated rings. The van der Waals surface area contributed by atoms with Crippen LogP contribution < -0.4 is 16.8 Å². The lowest BCUT2D eigenvalue weighted by molar-refractivity contribution is 0.102. The van der Waals surface area contributed by atoms with E-state index in [2.05, 4.69) is 15.3 Å². The van der Waals surface area contributed by atoms with Crippen molar-refractivity contribution in [3.05, 3.63) is 60.3 Å². The second-order valence-electron chi connectivity index (χ2n) is 5.55. The second kappa shape index (κ2) is 5.27. The van der Waals surface area contributed by atoms with Gasteiger partial charge < -0.3 is 21.8 Å².